The van der Waals surface area contributed by atoms with E-state index in [4.69, 9.17) is 23.2 Å². The molecule has 1 N–H and O–H groups in total. The largest absolute Gasteiger partial charge is 0.319 e. The van der Waals surface area contributed by atoms with E-state index in [0.717, 1.165) is 11.3 Å². The molecule has 3 aromatic carbocycles. The molecule has 4 aromatic rings. The van der Waals surface area contributed by atoms with Crippen molar-refractivity contribution in [3.63, 3.8) is 0 Å². The molecule has 0 fully saturated rings. The van der Waals surface area contributed by atoms with E-state index in [0.29, 0.717) is 21.6 Å². The fourth-order valence-corrected chi connectivity index (χ4v) is 3.01. The highest BCUT2D eigenvalue weighted by molar-refractivity contribution is 6.31. The predicted molar refractivity (Wildman–Crippen MR) is 111 cm³/mol. The van der Waals surface area contributed by atoms with Crippen LogP contribution in [0.1, 0.15) is 10.6 Å². The van der Waals surface area contributed by atoms with Gasteiger partial charge < -0.3 is 5.32 Å². The third-order valence-electron chi connectivity index (χ3n) is 4.00. The Bertz CT molecular complexity index is 1120. The quantitative estimate of drug-likeness (QED) is 0.485. The van der Waals surface area contributed by atoms with Gasteiger partial charge in [0.1, 0.15) is 0 Å². The molecule has 138 valence electrons. The van der Waals surface area contributed by atoms with Gasteiger partial charge in [0.15, 0.2) is 5.82 Å². The Morgan fingerprint density at radius 3 is 2.32 bits per heavy atom. The highest BCUT2D eigenvalue weighted by Gasteiger charge is 2.19. The Balaban J connectivity index is 1.74. The number of aromatic nitrogens is 3. The van der Waals surface area contributed by atoms with Gasteiger partial charge in [0.25, 0.3) is 5.91 Å². The molecular weight excluding hydrogens is 395 g/mol. The van der Waals surface area contributed by atoms with Gasteiger partial charge in [-0.25, -0.2) is 9.67 Å². The van der Waals surface area contributed by atoms with Crippen LogP contribution in [-0.2, 0) is 0 Å². The molecular formula is C21H14Cl2N4O. The molecule has 4 rings (SSSR count). The second kappa shape index (κ2) is 7.84. The number of hydrogen-bond donors (Lipinski definition) is 1. The third-order valence-corrected chi connectivity index (χ3v) is 4.48. The van der Waals surface area contributed by atoms with Crippen LogP contribution < -0.4 is 5.32 Å². The maximum atomic E-state index is 12.7. The summed E-state index contributed by atoms with van der Waals surface area (Å²) in [5.41, 5.74) is 2.16. The zero-order valence-electron chi connectivity index (χ0n) is 14.5. The van der Waals surface area contributed by atoms with Gasteiger partial charge in [-0.05, 0) is 54.6 Å². The first-order chi connectivity index (χ1) is 13.6. The maximum Gasteiger partial charge on any atom is 0.295 e. The van der Waals surface area contributed by atoms with Gasteiger partial charge in [-0.15, -0.1) is 5.10 Å². The number of carbonyl (C=O) groups excluding carboxylic acids is 1. The van der Waals surface area contributed by atoms with Gasteiger partial charge in [0.2, 0.25) is 5.82 Å². The molecule has 0 spiro atoms. The second-order valence-corrected chi connectivity index (χ2v) is 6.85. The van der Waals surface area contributed by atoms with E-state index in [1.807, 2.05) is 42.5 Å². The Morgan fingerprint density at radius 1 is 0.857 bits per heavy atom. The van der Waals surface area contributed by atoms with Crippen molar-refractivity contribution < 1.29 is 4.79 Å². The fraction of sp³-hybridized carbons (Fsp3) is 0. The van der Waals surface area contributed by atoms with Gasteiger partial charge in [-0.1, -0.05) is 47.5 Å². The van der Waals surface area contributed by atoms with Crippen molar-refractivity contribution in [3.8, 4) is 17.1 Å². The standard InChI is InChI=1S/C21H14Cl2N4O/c22-15-11-9-14(10-12-15)20-25-19(26-27(20)18-7-2-1-3-8-18)21(28)24-17-6-4-5-16(23)13-17/h1-13H,(H,24,28). The average Bonchev–Trinajstić information content (AvgIpc) is 3.15. The molecule has 0 atom stereocenters. The SMILES string of the molecule is O=C(Nc1cccc(Cl)c1)c1nc(-c2ccc(Cl)cc2)n(-c2ccccc2)n1. The van der Waals surface area contributed by atoms with Crippen molar-refractivity contribution in [3.05, 3.63) is 94.7 Å². The van der Waals surface area contributed by atoms with E-state index in [2.05, 4.69) is 15.4 Å². The lowest BCUT2D eigenvalue weighted by molar-refractivity contribution is 0.101. The molecule has 0 radical (unpaired) electrons. The van der Waals surface area contributed by atoms with Gasteiger partial charge >= 0.3 is 0 Å². The van der Waals surface area contributed by atoms with Gasteiger partial charge in [0, 0.05) is 21.3 Å². The lowest BCUT2D eigenvalue weighted by Gasteiger charge is -2.05. The number of amides is 1. The number of halogens is 2. The van der Waals surface area contributed by atoms with Crippen molar-refractivity contribution >= 4 is 34.8 Å². The molecule has 0 unspecified atom stereocenters. The van der Waals surface area contributed by atoms with Crippen molar-refractivity contribution in [1.29, 1.82) is 0 Å². The maximum absolute atomic E-state index is 12.7. The van der Waals surface area contributed by atoms with Crippen molar-refractivity contribution in [1.82, 2.24) is 14.8 Å². The van der Waals surface area contributed by atoms with E-state index in [9.17, 15) is 4.79 Å². The number of para-hydroxylation sites is 1. The number of benzene rings is 3. The van der Waals surface area contributed by atoms with Crippen LogP contribution in [0, 0.1) is 0 Å². The molecule has 0 saturated carbocycles. The minimum atomic E-state index is -0.424. The first-order valence-corrected chi connectivity index (χ1v) is 9.21. The zero-order valence-corrected chi connectivity index (χ0v) is 16.0. The minimum absolute atomic E-state index is 0.0498. The fourth-order valence-electron chi connectivity index (χ4n) is 2.70. The van der Waals surface area contributed by atoms with Crippen molar-refractivity contribution in [2.24, 2.45) is 0 Å². The molecule has 1 aromatic heterocycles. The van der Waals surface area contributed by atoms with E-state index in [1.54, 1.807) is 41.1 Å². The van der Waals surface area contributed by atoms with E-state index in [-0.39, 0.29) is 5.82 Å². The topological polar surface area (TPSA) is 59.8 Å². The van der Waals surface area contributed by atoms with Crippen molar-refractivity contribution in [2.75, 3.05) is 5.32 Å². The third kappa shape index (κ3) is 3.91. The number of hydrogen-bond acceptors (Lipinski definition) is 3. The number of nitrogens with one attached hydrogen (secondary N) is 1. The summed E-state index contributed by atoms with van der Waals surface area (Å²) in [6.07, 6.45) is 0. The van der Waals surface area contributed by atoms with Gasteiger partial charge in [-0.3, -0.25) is 4.79 Å². The molecule has 0 aliphatic heterocycles. The van der Waals surface area contributed by atoms with E-state index >= 15 is 0 Å². The molecule has 0 aliphatic carbocycles. The first kappa shape index (κ1) is 18.2. The van der Waals surface area contributed by atoms with Crippen LogP contribution in [0.15, 0.2) is 78.9 Å². The monoisotopic (exact) mass is 408 g/mol. The molecule has 0 bridgehead atoms. The number of carbonyl (C=O) groups is 1. The Labute approximate surface area is 171 Å². The highest BCUT2D eigenvalue weighted by Crippen LogP contribution is 2.23. The highest BCUT2D eigenvalue weighted by atomic mass is 35.5. The summed E-state index contributed by atoms with van der Waals surface area (Å²) >= 11 is 12.0. The summed E-state index contributed by atoms with van der Waals surface area (Å²) in [7, 11) is 0. The van der Waals surface area contributed by atoms with E-state index < -0.39 is 5.91 Å². The molecule has 1 amide bonds. The summed E-state index contributed by atoms with van der Waals surface area (Å²) in [5, 5.41) is 8.34. The summed E-state index contributed by atoms with van der Waals surface area (Å²) in [6, 6.07) is 23.6. The summed E-state index contributed by atoms with van der Waals surface area (Å²) in [6.45, 7) is 0. The molecule has 28 heavy (non-hydrogen) atoms. The Hall–Kier alpha value is -3.15. The molecule has 0 aliphatic rings. The Morgan fingerprint density at radius 2 is 1.61 bits per heavy atom. The van der Waals surface area contributed by atoms with E-state index in [1.165, 1.54) is 0 Å². The molecule has 1 heterocycles. The summed E-state index contributed by atoms with van der Waals surface area (Å²) in [4.78, 5) is 17.2. The number of anilines is 1. The van der Waals surface area contributed by atoms with Gasteiger partial charge in [0.05, 0.1) is 5.69 Å². The lowest BCUT2D eigenvalue weighted by Crippen LogP contribution is -2.14. The Kier molecular flexibility index (Phi) is 5.10. The normalized spacial score (nSPS) is 10.6. The smallest absolute Gasteiger partial charge is 0.295 e. The summed E-state index contributed by atoms with van der Waals surface area (Å²) < 4.78 is 1.64. The van der Waals surface area contributed by atoms with Crippen LogP contribution in [0.4, 0.5) is 5.69 Å². The van der Waals surface area contributed by atoms with Crippen LogP contribution in [0.5, 0.6) is 0 Å². The lowest BCUT2D eigenvalue weighted by atomic mass is 10.2. The second-order valence-electron chi connectivity index (χ2n) is 5.98. The predicted octanol–water partition coefficient (Wildman–Crippen LogP) is 5.49. The van der Waals surface area contributed by atoms with Crippen LogP contribution in [-0.4, -0.2) is 20.7 Å². The van der Waals surface area contributed by atoms with Crippen molar-refractivity contribution in [2.45, 2.75) is 0 Å². The van der Waals surface area contributed by atoms with Crippen LogP contribution in [0.25, 0.3) is 17.1 Å². The van der Waals surface area contributed by atoms with Crippen LogP contribution in [0.3, 0.4) is 0 Å². The zero-order chi connectivity index (χ0) is 19.5. The molecule has 7 heteroatoms. The first-order valence-electron chi connectivity index (χ1n) is 8.45. The minimum Gasteiger partial charge on any atom is -0.319 e. The van der Waals surface area contributed by atoms with Crippen LogP contribution >= 0.6 is 23.2 Å². The van der Waals surface area contributed by atoms with Gasteiger partial charge in [-0.2, -0.15) is 0 Å². The number of rotatable bonds is 4. The average molecular weight is 409 g/mol. The summed E-state index contributed by atoms with van der Waals surface area (Å²) in [5.74, 6) is 0.167. The molecule has 5 nitrogen and oxygen atoms in total. The molecule has 0 saturated heterocycles. The number of nitrogens with zero attached hydrogens (tertiary/aromatic N) is 3. The van der Waals surface area contributed by atoms with Crippen LogP contribution in [0.2, 0.25) is 10.0 Å².